The summed E-state index contributed by atoms with van der Waals surface area (Å²) in [5, 5.41) is 5.59. The second-order valence-electron chi connectivity index (χ2n) is 4.66. The molecule has 0 atom stereocenters. The molecule has 1 aliphatic rings. The van der Waals surface area contributed by atoms with E-state index < -0.39 is 0 Å². The third kappa shape index (κ3) is 3.27. The monoisotopic (exact) mass is 277 g/mol. The molecule has 0 fully saturated rings. The van der Waals surface area contributed by atoms with Gasteiger partial charge in [-0.3, -0.25) is 9.59 Å². The Bertz CT molecular complexity index is 516. The van der Waals surface area contributed by atoms with Crippen molar-refractivity contribution in [1.29, 1.82) is 0 Å². The first kappa shape index (κ1) is 14.3. The van der Waals surface area contributed by atoms with Gasteiger partial charge in [-0.15, -0.1) is 0 Å². The number of carbonyl (C=O) groups excluding carboxylic acids is 2. The minimum absolute atomic E-state index is 0.0279. The fraction of sp³-hybridized carbons (Fsp3) is 0.429. The Morgan fingerprint density at radius 2 is 2.25 bits per heavy atom. The third-order valence-corrected chi connectivity index (χ3v) is 3.16. The highest BCUT2D eigenvalue weighted by Crippen LogP contribution is 2.31. The van der Waals surface area contributed by atoms with Crippen LogP contribution in [0.5, 0.6) is 5.75 Å². The van der Waals surface area contributed by atoms with E-state index in [0.717, 1.165) is 11.3 Å². The fourth-order valence-corrected chi connectivity index (χ4v) is 2.03. The van der Waals surface area contributed by atoms with Crippen molar-refractivity contribution in [3.05, 3.63) is 23.8 Å². The zero-order chi connectivity index (χ0) is 14.5. The molecule has 1 aromatic rings. The van der Waals surface area contributed by atoms with E-state index in [4.69, 9.17) is 4.74 Å². The van der Waals surface area contributed by atoms with Crippen LogP contribution in [-0.2, 0) is 16.1 Å². The molecule has 0 bridgehead atoms. The molecule has 0 aromatic heterocycles. The predicted molar refractivity (Wildman–Crippen MR) is 75.7 cm³/mol. The van der Waals surface area contributed by atoms with Gasteiger partial charge in [0.25, 0.3) is 0 Å². The van der Waals surface area contributed by atoms with Gasteiger partial charge in [0.15, 0.2) is 0 Å². The maximum atomic E-state index is 11.8. The van der Waals surface area contributed by atoms with Crippen molar-refractivity contribution in [2.75, 3.05) is 32.1 Å². The topological polar surface area (TPSA) is 70.7 Å². The zero-order valence-corrected chi connectivity index (χ0v) is 11.7. The number of nitrogens with one attached hydrogen (secondary N) is 2. The highest BCUT2D eigenvalue weighted by Gasteiger charge is 2.20. The Hall–Kier alpha value is -2.08. The minimum atomic E-state index is -0.0666. The molecule has 2 amide bonds. The van der Waals surface area contributed by atoms with E-state index in [9.17, 15) is 9.59 Å². The molecule has 0 unspecified atom stereocenters. The number of amides is 2. The van der Waals surface area contributed by atoms with E-state index in [2.05, 4.69) is 10.6 Å². The van der Waals surface area contributed by atoms with Crippen LogP contribution in [0.2, 0.25) is 0 Å². The van der Waals surface area contributed by atoms with Crippen LogP contribution in [0.15, 0.2) is 18.2 Å². The number of nitrogens with zero attached hydrogens (tertiary/aromatic N) is 1. The fourth-order valence-electron chi connectivity index (χ4n) is 2.03. The minimum Gasteiger partial charge on any atom is -0.491 e. The third-order valence-electron chi connectivity index (χ3n) is 3.16. The average Bonchev–Trinajstić information content (AvgIpc) is 2.58. The zero-order valence-electron chi connectivity index (χ0n) is 11.7. The molecule has 0 spiro atoms. The molecule has 1 heterocycles. The number of likely N-dealkylation sites (N-methyl/N-ethyl adjacent to an activating group) is 1. The molecule has 0 radical (unpaired) electrons. The lowest BCUT2D eigenvalue weighted by molar-refractivity contribution is -0.120. The Kier molecular flexibility index (Phi) is 4.57. The first-order valence-electron chi connectivity index (χ1n) is 6.55. The molecule has 2 N–H and O–H groups in total. The van der Waals surface area contributed by atoms with Gasteiger partial charge in [-0.25, -0.2) is 0 Å². The molecule has 1 aromatic carbocycles. The normalized spacial score (nSPS) is 14.3. The number of carbonyl (C=O) groups is 2. The van der Waals surface area contributed by atoms with Crippen molar-refractivity contribution in [3.8, 4) is 5.75 Å². The lowest BCUT2D eigenvalue weighted by atomic mass is 10.1. The summed E-state index contributed by atoms with van der Waals surface area (Å²) in [5.74, 6) is 0.659. The summed E-state index contributed by atoms with van der Waals surface area (Å²) >= 11 is 0. The highest BCUT2D eigenvalue weighted by atomic mass is 16.5. The lowest BCUT2D eigenvalue weighted by Gasteiger charge is -2.17. The summed E-state index contributed by atoms with van der Waals surface area (Å²) in [7, 11) is 3.46. The predicted octanol–water partition coefficient (Wildman–Crippen LogP) is 0.268. The second kappa shape index (κ2) is 6.38. The molecule has 0 saturated heterocycles. The maximum Gasteiger partial charge on any atom is 0.234 e. The van der Waals surface area contributed by atoms with E-state index in [1.54, 1.807) is 19.0 Å². The quantitative estimate of drug-likeness (QED) is 0.828. The van der Waals surface area contributed by atoms with Crippen LogP contribution in [0.1, 0.15) is 12.0 Å². The number of benzene rings is 1. The summed E-state index contributed by atoms with van der Waals surface area (Å²) in [6.07, 6.45) is 0.374. The maximum absolute atomic E-state index is 11.8. The van der Waals surface area contributed by atoms with Crippen LogP contribution in [0.4, 0.5) is 5.69 Å². The second-order valence-corrected chi connectivity index (χ2v) is 4.66. The van der Waals surface area contributed by atoms with E-state index in [0.29, 0.717) is 25.3 Å². The van der Waals surface area contributed by atoms with E-state index in [-0.39, 0.29) is 18.4 Å². The molecule has 1 aliphatic heterocycles. The number of hydrogen-bond acceptors (Lipinski definition) is 4. The van der Waals surface area contributed by atoms with Crippen molar-refractivity contribution in [2.45, 2.75) is 13.0 Å². The molecule has 0 saturated carbocycles. The molecule has 20 heavy (non-hydrogen) atoms. The van der Waals surface area contributed by atoms with Gasteiger partial charge in [-0.1, -0.05) is 6.07 Å². The Balaban J connectivity index is 2.12. The summed E-state index contributed by atoms with van der Waals surface area (Å²) in [4.78, 5) is 24.8. The van der Waals surface area contributed by atoms with Crippen molar-refractivity contribution in [2.24, 2.45) is 0 Å². The molecular formula is C14H19N3O3. The first-order chi connectivity index (χ1) is 9.61. The molecular weight excluding hydrogens is 258 g/mol. The average molecular weight is 277 g/mol. The molecule has 6 nitrogen and oxygen atoms in total. The number of fused-ring (bicyclic) bond motifs is 1. The molecule has 6 heteroatoms. The lowest BCUT2D eigenvalue weighted by Crippen LogP contribution is -2.31. The van der Waals surface area contributed by atoms with E-state index in [1.165, 1.54) is 0 Å². The van der Waals surface area contributed by atoms with Crippen molar-refractivity contribution < 1.29 is 14.3 Å². The standard InChI is InChI=1S/C14H19N3O3/c1-15-9-13(18)16-8-10-3-4-12-11(7-10)17(2)14(19)5-6-20-12/h3-4,7,15H,5-6,8-9H2,1-2H3,(H,16,18). The summed E-state index contributed by atoms with van der Waals surface area (Å²) in [6, 6.07) is 5.60. The molecule has 0 aliphatic carbocycles. The summed E-state index contributed by atoms with van der Waals surface area (Å²) in [5.41, 5.74) is 1.67. The summed E-state index contributed by atoms with van der Waals surface area (Å²) in [6.45, 7) is 1.11. The van der Waals surface area contributed by atoms with Gasteiger partial charge < -0.3 is 20.3 Å². The van der Waals surface area contributed by atoms with Gasteiger partial charge in [-0.05, 0) is 24.7 Å². The van der Waals surface area contributed by atoms with Crippen molar-refractivity contribution in [1.82, 2.24) is 10.6 Å². The summed E-state index contributed by atoms with van der Waals surface area (Å²) < 4.78 is 5.55. The largest absolute Gasteiger partial charge is 0.491 e. The van der Waals surface area contributed by atoms with E-state index >= 15 is 0 Å². The number of anilines is 1. The molecule has 108 valence electrons. The van der Waals surface area contributed by atoms with Gasteiger partial charge in [-0.2, -0.15) is 0 Å². The number of hydrogen-bond donors (Lipinski definition) is 2. The van der Waals surface area contributed by atoms with Crippen LogP contribution >= 0.6 is 0 Å². The first-order valence-corrected chi connectivity index (χ1v) is 6.55. The van der Waals surface area contributed by atoms with Gasteiger partial charge in [0.05, 0.1) is 25.3 Å². The highest BCUT2D eigenvalue weighted by molar-refractivity contribution is 5.95. The number of rotatable bonds is 4. The van der Waals surface area contributed by atoms with Gasteiger partial charge in [0.1, 0.15) is 5.75 Å². The van der Waals surface area contributed by atoms with Crippen molar-refractivity contribution in [3.63, 3.8) is 0 Å². The van der Waals surface area contributed by atoms with Crippen LogP contribution in [-0.4, -0.2) is 39.1 Å². The van der Waals surface area contributed by atoms with Crippen LogP contribution in [0.3, 0.4) is 0 Å². The Morgan fingerprint density at radius 1 is 1.45 bits per heavy atom. The van der Waals surface area contributed by atoms with Gasteiger partial charge in [0, 0.05) is 13.6 Å². The Morgan fingerprint density at radius 3 is 3.00 bits per heavy atom. The van der Waals surface area contributed by atoms with Crippen LogP contribution in [0.25, 0.3) is 0 Å². The SMILES string of the molecule is CNCC(=O)NCc1ccc2c(c1)N(C)C(=O)CCO2. The van der Waals surface area contributed by atoms with E-state index in [1.807, 2.05) is 18.2 Å². The molecule has 2 rings (SSSR count). The Labute approximate surface area is 118 Å². The van der Waals surface area contributed by atoms with Gasteiger partial charge >= 0.3 is 0 Å². The van der Waals surface area contributed by atoms with Crippen LogP contribution < -0.4 is 20.3 Å². The van der Waals surface area contributed by atoms with Crippen molar-refractivity contribution >= 4 is 17.5 Å². The van der Waals surface area contributed by atoms with Crippen LogP contribution in [0, 0.1) is 0 Å². The number of ether oxygens (including phenoxy) is 1. The smallest absolute Gasteiger partial charge is 0.234 e. The van der Waals surface area contributed by atoms with Gasteiger partial charge in [0.2, 0.25) is 11.8 Å².